The molecule has 0 saturated carbocycles. The summed E-state index contributed by atoms with van der Waals surface area (Å²) in [6, 6.07) is -0.0875. The average Bonchev–Trinajstić information content (AvgIpc) is 2.63. The summed E-state index contributed by atoms with van der Waals surface area (Å²) in [5, 5.41) is 9.39. The number of carbonyl (C=O) groups excluding carboxylic acids is 1. The van der Waals surface area contributed by atoms with Crippen LogP contribution in [0, 0.1) is 5.92 Å². The van der Waals surface area contributed by atoms with Crippen LogP contribution >= 0.6 is 0 Å². The molecule has 1 rings (SSSR count). The van der Waals surface area contributed by atoms with Gasteiger partial charge in [0.15, 0.2) is 0 Å². The molecule has 4 heteroatoms. The lowest BCUT2D eigenvalue weighted by atomic mass is 10.1. The van der Waals surface area contributed by atoms with Crippen molar-refractivity contribution in [2.24, 2.45) is 5.92 Å². The topological polar surface area (TPSA) is 49.8 Å². The van der Waals surface area contributed by atoms with Gasteiger partial charge in [0.05, 0.1) is 13.2 Å². The van der Waals surface area contributed by atoms with Gasteiger partial charge in [0, 0.05) is 18.5 Å². The second-order valence-electron chi connectivity index (χ2n) is 6.37. The van der Waals surface area contributed by atoms with Crippen LogP contribution in [0.2, 0.25) is 0 Å². The van der Waals surface area contributed by atoms with Gasteiger partial charge in [-0.3, -0.25) is 9.69 Å². The first-order valence-corrected chi connectivity index (χ1v) is 7.40. The van der Waals surface area contributed by atoms with Crippen molar-refractivity contribution >= 4 is 5.97 Å². The van der Waals surface area contributed by atoms with E-state index in [4.69, 9.17) is 4.74 Å². The van der Waals surface area contributed by atoms with Crippen LogP contribution in [0.15, 0.2) is 36.5 Å². The van der Waals surface area contributed by atoms with Gasteiger partial charge in [-0.2, -0.15) is 0 Å². The lowest BCUT2D eigenvalue weighted by Crippen LogP contribution is -2.43. The maximum Gasteiger partial charge on any atom is 0.320 e. The predicted molar refractivity (Wildman–Crippen MR) is 84.9 cm³/mol. The highest BCUT2D eigenvalue weighted by atomic mass is 16.6. The fraction of sp³-hybridized carbons (Fsp3) is 0.588. The van der Waals surface area contributed by atoms with E-state index >= 15 is 0 Å². The highest BCUT2D eigenvalue weighted by Crippen LogP contribution is 2.13. The SMILES string of the molecule is CC(CO)N(CC(=O)OC(C)(C)C)CC1C=CC=CC=C1. The minimum Gasteiger partial charge on any atom is -0.459 e. The van der Waals surface area contributed by atoms with Gasteiger partial charge in [-0.15, -0.1) is 0 Å². The molecule has 1 aliphatic carbocycles. The number of aliphatic hydroxyl groups is 1. The summed E-state index contributed by atoms with van der Waals surface area (Å²) in [6.45, 7) is 8.35. The number of rotatable bonds is 6. The van der Waals surface area contributed by atoms with E-state index in [2.05, 4.69) is 12.2 Å². The van der Waals surface area contributed by atoms with Crippen molar-refractivity contribution in [3.63, 3.8) is 0 Å². The maximum atomic E-state index is 12.0. The Kier molecular flexibility index (Phi) is 6.85. The fourth-order valence-electron chi connectivity index (χ4n) is 2.05. The molecule has 0 fully saturated rings. The zero-order chi connectivity index (χ0) is 15.9. The summed E-state index contributed by atoms with van der Waals surface area (Å²) in [4.78, 5) is 14.0. The summed E-state index contributed by atoms with van der Waals surface area (Å²) >= 11 is 0. The van der Waals surface area contributed by atoms with E-state index in [-0.39, 0.29) is 31.1 Å². The van der Waals surface area contributed by atoms with Gasteiger partial charge in [-0.05, 0) is 27.7 Å². The van der Waals surface area contributed by atoms with Crippen LogP contribution in [0.4, 0.5) is 0 Å². The molecule has 0 aliphatic heterocycles. The highest BCUT2D eigenvalue weighted by Gasteiger charge is 2.23. The van der Waals surface area contributed by atoms with E-state index in [0.29, 0.717) is 6.54 Å². The van der Waals surface area contributed by atoms with Gasteiger partial charge < -0.3 is 9.84 Å². The van der Waals surface area contributed by atoms with Crippen LogP contribution in [0.5, 0.6) is 0 Å². The lowest BCUT2D eigenvalue weighted by molar-refractivity contribution is -0.156. The number of hydrogen-bond donors (Lipinski definition) is 1. The molecule has 21 heavy (non-hydrogen) atoms. The van der Waals surface area contributed by atoms with E-state index < -0.39 is 5.60 Å². The zero-order valence-corrected chi connectivity index (χ0v) is 13.5. The molecule has 1 unspecified atom stereocenters. The first-order valence-electron chi connectivity index (χ1n) is 7.40. The Morgan fingerprint density at radius 1 is 1.24 bits per heavy atom. The van der Waals surface area contributed by atoms with E-state index in [0.717, 1.165) is 0 Å². The summed E-state index contributed by atoms with van der Waals surface area (Å²) < 4.78 is 5.37. The molecular formula is C17H27NO3. The summed E-state index contributed by atoms with van der Waals surface area (Å²) in [6.07, 6.45) is 12.1. The molecule has 0 aromatic carbocycles. The van der Waals surface area contributed by atoms with Crippen LogP contribution in [-0.2, 0) is 9.53 Å². The van der Waals surface area contributed by atoms with Crippen LogP contribution in [0.3, 0.4) is 0 Å². The van der Waals surface area contributed by atoms with Gasteiger partial charge in [-0.1, -0.05) is 36.5 Å². The van der Waals surface area contributed by atoms with Gasteiger partial charge in [0.2, 0.25) is 0 Å². The fourth-order valence-corrected chi connectivity index (χ4v) is 2.05. The normalized spacial score (nSPS) is 17.0. The third kappa shape index (κ3) is 7.25. The number of allylic oxidation sites excluding steroid dienone is 4. The van der Waals surface area contributed by atoms with Crippen molar-refractivity contribution in [2.45, 2.75) is 39.3 Å². The minimum absolute atomic E-state index is 0.0151. The molecule has 0 amide bonds. The zero-order valence-electron chi connectivity index (χ0n) is 13.5. The second-order valence-corrected chi connectivity index (χ2v) is 6.37. The van der Waals surface area contributed by atoms with E-state index in [9.17, 15) is 9.90 Å². The van der Waals surface area contributed by atoms with Crippen LogP contribution in [0.1, 0.15) is 27.7 Å². The van der Waals surface area contributed by atoms with E-state index in [1.165, 1.54) is 0 Å². The van der Waals surface area contributed by atoms with Crippen molar-refractivity contribution in [3.8, 4) is 0 Å². The summed E-state index contributed by atoms with van der Waals surface area (Å²) in [5.74, 6) is -0.0426. The molecule has 0 aromatic heterocycles. The lowest BCUT2D eigenvalue weighted by Gasteiger charge is -2.30. The van der Waals surface area contributed by atoms with Gasteiger partial charge in [-0.25, -0.2) is 0 Å². The molecule has 0 saturated heterocycles. The maximum absolute atomic E-state index is 12.0. The summed E-state index contributed by atoms with van der Waals surface area (Å²) in [5.41, 5.74) is -0.489. The van der Waals surface area contributed by atoms with Crippen LogP contribution in [-0.4, -0.2) is 47.3 Å². The van der Waals surface area contributed by atoms with Crippen LogP contribution < -0.4 is 0 Å². The van der Waals surface area contributed by atoms with E-state index in [1.807, 2.05) is 56.9 Å². The third-order valence-electron chi connectivity index (χ3n) is 3.14. The van der Waals surface area contributed by atoms with Gasteiger partial charge >= 0.3 is 5.97 Å². The predicted octanol–water partition coefficient (Wildman–Crippen LogP) is 2.31. The second kappa shape index (κ2) is 8.15. The Morgan fingerprint density at radius 2 is 1.81 bits per heavy atom. The van der Waals surface area contributed by atoms with Crippen molar-refractivity contribution in [2.75, 3.05) is 19.7 Å². The molecular weight excluding hydrogens is 266 g/mol. The number of carbonyl (C=O) groups is 1. The molecule has 0 heterocycles. The Balaban J connectivity index is 2.65. The number of nitrogens with zero attached hydrogens (tertiary/aromatic N) is 1. The smallest absolute Gasteiger partial charge is 0.320 e. The monoisotopic (exact) mass is 293 g/mol. The number of aliphatic hydroxyl groups excluding tert-OH is 1. The largest absolute Gasteiger partial charge is 0.459 e. The molecule has 0 spiro atoms. The van der Waals surface area contributed by atoms with Crippen molar-refractivity contribution in [3.05, 3.63) is 36.5 Å². The molecule has 118 valence electrons. The molecule has 4 nitrogen and oxygen atoms in total. The third-order valence-corrected chi connectivity index (χ3v) is 3.14. The molecule has 1 atom stereocenters. The Hall–Kier alpha value is -1.39. The first-order chi connectivity index (χ1) is 9.81. The standard InChI is InChI=1S/C17H27NO3/c1-14(13-19)18(12-16(20)21-17(2,3)4)11-15-9-7-5-6-8-10-15/h5-10,14-15,19H,11-13H2,1-4H3. The Labute approximate surface area is 127 Å². The van der Waals surface area contributed by atoms with Crippen molar-refractivity contribution in [1.82, 2.24) is 4.90 Å². The Morgan fingerprint density at radius 3 is 2.29 bits per heavy atom. The van der Waals surface area contributed by atoms with Crippen molar-refractivity contribution in [1.29, 1.82) is 0 Å². The molecule has 0 aromatic rings. The molecule has 0 radical (unpaired) electrons. The van der Waals surface area contributed by atoms with Gasteiger partial charge in [0.25, 0.3) is 0 Å². The van der Waals surface area contributed by atoms with E-state index in [1.54, 1.807) is 0 Å². The number of hydrogen-bond acceptors (Lipinski definition) is 4. The minimum atomic E-state index is -0.489. The van der Waals surface area contributed by atoms with Crippen molar-refractivity contribution < 1.29 is 14.6 Å². The Bertz CT molecular complexity index is 402. The molecule has 1 N–H and O–H groups in total. The van der Waals surface area contributed by atoms with Crippen LogP contribution in [0.25, 0.3) is 0 Å². The quantitative estimate of drug-likeness (QED) is 0.764. The highest BCUT2D eigenvalue weighted by molar-refractivity contribution is 5.72. The number of ether oxygens (including phenoxy) is 1. The molecule has 1 aliphatic rings. The summed E-state index contributed by atoms with van der Waals surface area (Å²) in [7, 11) is 0. The van der Waals surface area contributed by atoms with Gasteiger partial charge in [0.1, 0.15) is 5.60 Å². The average molecular weight is 293 g/mol. The molecule has 0 bridgehead atoms. The first kappa shape index (κ1) is 17.7. The number of esters is 1.